The van der Waals surface area contributed by atoms with Crippen molar-refractivity contribution in [2.24, 2.45) is 0 Å². The van der Waals surface area contributed by atoms with Crippen molar-refractivity contribution in [3.05, 3.63) is 71.3 Å². The lowest BCUT2D eigenvalue weighted by Crippen LogP contribution is -1.87. The predicted molar refractivity (Wildman–Crippen MR) is 76.4 cm³/mol. The number of carbonyl (C=O) groups excluding carboxylic acids is 1. The highest BCUT2D eigenvalue weighted by molar-refractivity contribution is 6.09. The van der Waals surface area contributed by atoms with Crippen molar-refractivity contribution < 1.29 is 4.79 Å². The summed E-state index contributed by atoms with van der Waals surface area (Å²) >= 11 is 0. The zero-order chi connectivity index (χ0) is 13.5. The Balaban J connectivity index is 2.07. The molecule has 0 aromatic heterocycles. The molecule has 0 radical (unpaired) electrons. The molecule has 0 N–H and O–H groups in total. The van der Waals surface area contributed by atoms with Gasteiger partial charge in [-0.15, -0.1) is 0 Å². The highest BCUT2D eigenvalue weighted by Crippen LogP contribution is 2.00. The van der Waals surface area contributed by atoms with E-state index in [-0.39, 0.29) is 5.78 Å². The molecule has 0 aliphatic rings. The van der Waals surface area contributed by atoms with E-state index in [0.29, 0.717) is 0 Å². The van der Waals surface area contributed by atoms with Crippen molar-refractivity contribution in [1.29, 1.82) is 0 Å². The summed E-state index contributed by atoms with van der Waals surface area (Å²) in [5.41, 5.74) is 2.80. The van der Waals surface area contributed by atoms with Gasteiger partial charge in [-0.3, -0.25) is 4.79 Å². The van der Waals surface area contributed by atoms with Gasteiger partial charge in [0.25, 0.3) is 5.78 Å². The first-order valence-electron chi connectivity index (χ1n) is 5.94. The molecule has 1 heteroatoms. The Hall–Kier alpha value is -2.77. The SMILES string of the molecule is Cc1ccc(C#CC(=O)C#Cc2ccccc2)cc1. The molecule has 2 aromatic rings. The van der Waals surface area contributed by atoms with Gasteiger partial charge in [-0.25, -0.2) is 0 Å². The van der Waals surface area contributed by atoms with E-state index in [1.54, 1.807) is 0 Å². The van der Waals surface area contributed by atoms with Gasteiger partial charge < -0.3 is 0 Å². The maximum absolute atomic E-state index is 11.5. The number of ketones is 1. The van der Waals surface area contributed by atoms with Gasteiger partial charge in [0.1, 0.15) is 0 Å². The lowest BCUT2D eigenvalue weighted by atomic mass is 10.1. The molecule has 0 bridgehead atoms. The number of carbonyl (C=O) groups is 1. The molecule has 90 valence electrons. The Morgan fingerprint density at radius 3 is 1.89 bits per heavy atom. The van der Waals surface area contributed by atoms with Gasteiger partial charge in [0.15, 0.2) is 0 Å². The largest absolute Gasteiger partial charge is 0.279 e. The molecule has 0 saturated carbocycles. The monoisotopic (exact) mass is 244 g/mol. The van der Waals surface area contributed by atoms with Crippen molar-refractivity contribution >= 4 is 5.78 Å². The molecule has 0 fully saturated rings. The molecule has 0 spiro atoms. The van der Waals surface area contributed by atoms with Gasteiger partial charge in [0.2, 0.25) is 0 Å². The molecule has 0 atom stereocenters. The van der Waals surface area contributed by atoms with Crippen LogP contribution in [0.4, 0.5) is 0 Å². The standard InChI is InChI=1S/C18H12O/c1-15-7-9-17(10-8-15)12-14-18(19)13-11-16-5-3-2-4-6-16/h2-10H,1H3. The number of aryl methyl sites for hydroxylation is 1. The summed E-state index contributed by atoms with van der Waals surface area (Å²) in [6.07, 6.45) is 0. The lowest BCUT2D eigenvalue weighted by molar-refractivity contribution is -0.108. The van der Waals surface area contributed by atoms with Crippen LogP contribution in [0.3, 0.4) is 0 Å². The number of Topliss-reactive ketones (excluding diaryl/α,β-unsaturated/α-hetero) is 1. The van der Waals surface area contributed by atoms with E-state index in [0.717, 1.165) is 11.1 Å². The van der Waals surface area contributed by atoms with E-state index in [2.05, 4.69) is 23.7 Å². The van der Waals surface area contributed by atoms with Crippen LogP contribution in [0.15, 0.2) is 54.6 Å². The number of hydrogen-bond acceptors (Lipinski definition) is 1. The third-order valence-corrected chi connectivity index (χ3v) is 2.47. The first kappa shape index (κ1) is 12.7. The van der Waals surface area contributed by atoms with Crippen molar-refractivity contribution in [2.45, 2.75) is 6.92 Å². The second-order valence-corrected chi connectivity index (χ2v) is 4.06. The van der Waals surface area contributed by atoms with Gasteiger partial charge in [0, 0.05) is 11.1 Å². The molecule has 1 nitrogen and oxygen atoms in total. The Morgan fingerprint density at radius 1 is 0.789 bits per heavy atom. The van der Waals surface area contributed by atoms with Crippen LogP contribution >= 0.6 is 0 Å². The second kappa shape index (κ2) is 6.24. The minimum absolute atomic E-state index is 0.371. The highest BCUT2D eigenvalue weighted by atomic mass is 16.1. The smallest absolute Gasteiger partial charge is 0.270 e. The Morgan fingerprint density at radius 2 is 1.32 bits per heavy atom. The third kappa shape index (κ3) is 4.19. The molecular weight excluding hydrogens is 232 g/mol. The Kier molecular flexibility index (Phi) is 4.17. The first-order valence-corrected chi connectivity index (χ1v) is 5.94. The average Bonchev–Trinajstić information content (AvgIpc) is 2.45. The van der Waals surface area contributed by atoms with Crippen molar-refractivity contribution in [1.82, 2.24) is 0 Å². The van der Waals surface area contributed by atoms with E-state index in [1.807, 2.05) is 61.5 Å². The van der Waals surface area contributed by atoms with Crippen LogP contribution in [0.2, 0.25) is 0 Å². The summed E-state index contributed by atoms with van der Waals surface area (Å²) in [5.74, 6) is 10.3. The summed E-state index contributed by atoms with van der Waals surface area (Å²) in [6.45, 7) is 2.01. The summed E-state index contributed by atoms with van der Waals surface area (Å²) < 4.78 is 0. The zero-order valence-electron chi connectivity index (χ0n) is 10.6. The number of benzene rings is 2. The van der Waals surface area contributed by atoms with E-state index >= 15 is 0 Å². The lowest BCUT2D eigenvalue weighted by Gasteiger charge is -1.90. The van der Waals surface area contributed by atoms with E-state index in [1.165, 1.54) is 5.56 Å². The van der Waals surface area contributed by atoms with Crippen LogP contribution in [0, 0.1) is 30.6 Å². The van der Waals surface area contributed by atoms with Crippen LogP contribution in [-0.2, 0) is 4.79 Å². The average molecular weight is 244 g/mol. The quantitative estimate of drug-likeness (QED) is 0.651. The molecular formula is C18H12O. The fourth-order valence-corrected chi connectivity index (χ4v) is 1.45. The molecule has 0 unspecified atom stereocenters. The number of hydrogen-bond donors (Lipinski definition) is 0. The third-order valence-electron chi connectivity index (χ3n) is 2.47. The van der Waals surface area contributed by atoms with Gasteiger partial charge in [-0.1, -0.05) is 47.7 Å². The first-order chi connectivity index (χ1) is 9.24. The normalized spacial score (nSPS) is 8.68. The summed E-state index contributed by atoms with van der Waals surface area (Å²) in [4.78, 5) is 11.5. The minimum Gasteiger partial charge on any atom is -0.270 e. The Bertz CT molecular complexity index is 687. The molecule has 0 aliphatic carbocycles. The minimum atomic E-state index is -0.371. The van der Waals surface area contributed by atoms with Crippen molar-refractivity contribution in [3.63, 3.8) is 0 Å². The maximum Gasteiger partial charge on any atom is 0.279 e. The van der Waals surface area contributed by atoms with Crippen molar-refractivity contribution in [2.75, 3.05) is 0 Å². The highest BCUT2D eigenvalue weighted by Gasteiger charge is 1.90. The van der Waals surface area contributed by atoms with E-state index < -0.39 is 0 Å². The second-order valence-electron chi connectivity index (χ2n) is 4.06. The van der Waals surface area contributed by atoms with Crippen LogP contribution < -0.4 is 0 Å². The molecule has 0 heterocycles. The molecule has 0 saturated heterocycles. The molecule has 0 aliphatic heterocycles. The molecule has 0 amide bonds. The van der Waals surface area contributed by atoms with E-state index in [4.69, 9.17) is 0 Å². The number of rotatable bonds is 0. The topological polar surface area (TPSA) is 17.1 Å². The van der Waals surface area contributed by atoms with Gasteiger partial charge in [-0.05, 0) is 43.0 Å². The molecule has 19 heavy (non-hydrogen) atoms. The molecule has 2 rings (SSSR count). The predicted octanol–water partition coefficient (Wildman–Crippen LogP) is 2.97. The van der Waals surface area contributed by atoms with Gasteiger partial charge in [0.05, 0.1) is 0 Å². The maximum atomic E-state index is 11.5. The van der Waals surface area contributed by atoms with Crippen LogP contribution in [0.1, 0.15) is 16.7 Å². The summed E-state index contributed by atoms with van der Waals surface area (Å²) in [7, 11) is 0. The summed E-state index contributed by atoms with van der Waals surface area (Å²) in [6, 6.07) is 17.1. The van der Waals surface area contributed by atoms with Crippen LogP contribution in [0.25, 0.3) is 0 Å². The molecule has 2 aromatic carbocycles. The van der Waals surface area contributed by atoms with Gasteiger partial charge in [-0.2, -0.15) is 0 Å². The fraction of sp³-hybridized carbons (Fsp3) is 0.0556. The van der Waals surface area contributed by atoms with Crippen LogP contribution in [0.5, 0.6) is 0 Å². The zero-order valence-corrected chi connectivity index (χ0v) is 10.6. The fourth-order valence-electron chi connectivity index (χ4n) is 1.45. The summed E-state index contributed by atoms with van der Waals surface area (Å²) in [5, 5.41) is 0. The van der Waals surface area contributed by atoms with E-state index in [9.17, 15) is 4.79 Å². The van der Waals surface area contributed by atoms with Crippen LogP contribution in [-0.4, -0.2) is 5.78 Å². The van der Waals surface area contributed by atoms with Crippen molar-refractivity contribution in [3.8, 4) is 23.7 Å². The van der Waals surface area contributed by atoms with Gasteiger partial charge >= 0.3 is 0 Å². The Labute approximate surface area is 113 Å².